The fraction of sp³-hybridized carbons (Fsp3) is 0.0769. The van der Waals surface area contributed by atoms with Gasteiger partial charge in [0.15, 0.2) is 22.3 Å². The molecule has 9 heteroatoms. The molecule has 0 spiro atoms. The summed E-state index contributed by atoms with van der Waals surface area (Å²) in [5.41, 5.74) is 3.75. The van der Waals surface area contributed by atoms with Gasteiger partial charge in [-0.1, -0.05) is 48.2 Å². The minimum Gasteiger partial charge on any atom is -0.453 e. The summed E-state index contributed by atoms with van der Waals surface area (Å²) in [6.45, 7) is 0. The summed E-state index contributed by atoms with van der Waals surface area (Å²) in [7, 11) is 1.85. The molecule has 0 aliphatic carbocycles. The van der Waals surface area contributed by atoms with Gasteiger partial charge in [-0.05, 0) is 42.5 Å². The zero-order valence-corrected chi connectivity index (χ0v) is 19.5. The first kappa shape index (κ1) is 21.2. The van der Waals surface area contributed by atoms with Gasteiger partial charge in [-0.2, -0.15) is 0 Å². The molecule has 0 aliphatic rings. The highest BCUT2D eigenvalue weighted by Crippen LogP contribution is 2.29. The molecule has 0 saturated heterocycles. The molecule has 0 radical (unpaired) electrons. The van der Waals surface area contributed by atoms with Gasteiger partial charge in [-0.15, -0.1) is 10.2 Å². The van der Waals surface area contributed by atoms with Crippen molar-refractivity contribution in [3.63, 3.8) is 0 Å². The van der Waals surface area contributed by atoms with Crippen LogP contribution in [0.25, 0.3) is 45.1 Å². The van der Waals surface area contributed by atoms with E-state index in [0.717, 1.165) is 27.6 Å². The second-order valence-electron chi connectivity index (χ2n) is 7.92. The number of carbonyl (C=O) groups excluding carboxylic acids is 1. The first-order valence-corrected chi connectivity index (χ1v) is 11.9. The van der Waals surface area contributed by atoms with E-state index in [4.69, 9.17) is 8.83 Å². The standard InChI is InChI=1S/C26H19N5O3S/c1-31-24(22-14-16-7-2-4-11-20(16)33-22)29-30-26(31)35-15-23(32)27-18-9-6-8-17(13-18)25-28-19-10-3-5-12-21(19)34-25/h2-14H,15H2,1H3,(H,27,32). The number of nitrogens with one attached hydrogen (secondary N) is 1. The number of carbonyl (C=O) groups is 1. The molecule has 0 atom stereocenters. The molecule has 0 bridgehead atoms. The molecule has 1 N–H and O–H groups in total. The van der Waals surface area contributed by atoms with Crippen molar-refractivity contribution in [2.75, 3.05) is 11.1 Å². The summed E-state index contributed by atoms with van der Waals surface area (Å²) >= 11 is 1.31. The Kier molecular flexibility index (Phi) is 5.31. The monoisotopic (exact) mass is 481 g/mol. The minimum absolute atomic E-state index is 0.155. The lowest BCUT2D eigenvalue weighted by Gasteiger charge is -2.06. The number of hydrogen-bond acceptors (Lipinski definition) is 7. The van der Waals surface area contributed by atoms with E-state index in [9.17, 15) is 4.79 Å². The number of oxazole rings is 1. The van der Waals surface area contributed by atoms with E-state index in [1.165, 1.54) is 11.8 Å². The lowest BCUT2D eigenvalue weighted by atomic mass is 10.2. The van der Waals surface area contributed by atoms with Gasteiger partial charge in [0.05, 0.1) is 5.75 Å². The number of aromatic nitrogens is 4. The number of benzene rings is 3. The Labute approximate surface area is 204 Å². The number of nitrogens with zero attached hydrogens (tertiary/aromatic N) is 4. The lowest BCUT2D eigenvalue weighted by Crippen LogP contribution is -2.14. The fourth-order valence-corrected chi connectivity index (χ4v) is 4.51. The molecular weight excluding hydrogens is 462 g/mol. The Morgan fingerprint density at radius 3 is 2.63 bits per heavy atom. The van der Waals surface area contributed by atoms with Crippen molar-refractivity contribution in [2.45, 2.75) is 5.16 Å². The van der Waals surface area contributed by atoms with Crippen LogP contribution in [0.15, 0.2) is 92.9 Å². The van der Waals surface area contributed by atoms with Crippen molar-refractivity contribution in [1.82, 2.24) is 19.7 Å². The molecule has 8 nitrogen and oxygen atoms in total. The first-order chi connectivity index (χ1) is 17.1. The Hall–Kier alpha value is -4.37. The largest absolute Gasteiger partial charge is 0.453 e. The summed E-state index contributed by atoms with van der Waals surface area (Å²) in [6.07, 6.45) is 0. The Bertz CT molecular complexity index is 1620. The van der Waals surface area contributed by atoms with Gasteiger partial charge in [-0.3, -0.25) is 4.79 Å². The van der Waals surface area contributed by atoms with E-state index in [2.05, 4.69) is 20.5 Å². The molecule has 3 aromatic heterocycles. The predicted molar refractivity (Wildman–Crippen MR) is 135 cm³/mol. The molecule has 1 amide bonds. The maximum Gasteiger partial charge on any atom is 0.234 e. The SMILES string of the molecule is Cn1c(SCC(=O)Nc2cccc(-c3nc4ccccc4o3)c2)nnc1-c1cc2ccccc2o1. The summed E-state index contributed by atoms with van der Waals surface area (Å²) in [6, 6.07) is 24.7. The van der Waals surface area contributed by atoms with E-state index in [-0.39, 0.29) is 11.7 Å². The number of amides is 1. The number of anilines is 1. The molecule has 172 valence electrons. The Morgan fingerprint density at radius 1 is 0.943 bits per heavy atom. The average molecular weight is 482 g/mol. The van der Waals surface area contributed by atoms with E-state index < -0.39 is 0 Å². The van der Waals surface area contributed by atoms with Crippen molar-refractivity contribution in [3.05, 3.63) is 78.9 Å². The number of para-hydroxylation sites is 3. The third-order valence-corrected chi connectivity index (χ3v) is 6.52. The molecule has 0 unspecified atom stereocenters. The second kappa shape index (κ2) is 8.77. The van der Waals surface area contributed by atoms with Crippen LogP contribution in [-0.2, 0) is 11.8 Å². The molecule has 35 heavy (non-hydrogen) atoms. The molecule has 3 aromatic carbocycles. The number of thioether (sulfide) groups is 1. The highest BCUT2D eigenvalue weighted by molar-refractivity contribution is 7.99. The second-order valence-corrected chi connectivity index (χ2v) is 8.86. The van der Waals surface area contributed by atoms with Crippen molar-refractivity contribution in [2.24, 2.45) is 7.05 Å². The quantitative estimate of drug-likeness (QED) is 0.302. The van der Waals surface area contributed by atoms with Crippen molar-refractivity contribution in [3.8, 4) is 23.0 Å². The van der Waals surface area contributed by atoms with E-state index in [1.54, 1.807) is 0 Å². The third kappa shape index (κ3) is 4.17. The summed E-state index contributed by atoms with van der Waals surface area (Å²) < 4.78 is 13.6. The molecule has 6 aromatic rings. The fourth-order valence-electron chi connectivity index (χ4n) is 3.80. The maximum absolute atomic E-state index is 12.6. The summed E-state index contributed by atoms with van der Waals surface area (Å²) in [5.74, 6) is 1.77. The summed E-state index contributed by atoms with van der Waals surface area (Å²) in [4.78, 5) is 17.2. The Balaban J connectivity index is 1.13. The Morgan fingerprint density at radius 2 is 1.77 bits per heavy atom. The maximum atomic E-state index is 12.6. The first-order valence-electron chi connectivity index (χ1n) is 10.9. The van der Waals surface area contributed by atoms with Gasteiger partial charge in [0.25, 0.3) is 0 Å². The predicted octanol–water partition coefficient (Wildman–Crippen LogP) is 5.77. The van der Waals surface area contributed by atoms with Crippen LogP contribution in [0.2, 0.25) is 0 Å². The third-order valence-electron chi connectivity index (χ3n) is 5.50. The number of hydrogen-bond donors (Lipinski definition) is 1. The molecule has 3 heterocycles. The molecular formula is C26H19N5O3S. The van der Waals surface area contributed by atoms with Crippen LogP contribution < -0.4 is 5.32 Å². The molecule has 0 aliphatic heterocycles. The highest BCUT2D eigenvalue weighted by atomic mass is 32.2. The summed E-state index contributed by atoms with van der Waals surface area (Å²) in [5, 5.41) is 13.0. The molecule has 0 fully saturated rings. The van der Waals surface area contributed by atoms with Gasteiger partial charge in [0.2, 0.25) is 11.8 Å². The topological polar surface area (TPSA) is 99.0 Å². The van der Waals surface area contributed by atoms with Gasteiger partial charge < -0.3 is 18.7 Å². The van der Waals surface area contributed by atoms with Gasteiger partial charge >= 0.3 is 0 Å². The highest BCUT2D eigenvalue weighted by Gasteiger charge is 2.17. The van der Waals surface area contributed by atoms with Crippen LogP contribution in [0.4, 0.5) is 5.69 Å². The average Bonchev–Trinajstić information content (AvgIpc) is 3.59. The van der Waals surface area contributed by atoms with Gasteiger partial charge in [0.1, 0.15) is 11.1 Å². The van der Waals surface area contributed by atoms with Gasteiger partial charge in [-0.25, -0.2) is 4.98 Å². The minimum atomic E-state index is -0.155. The number of fused-ring (bicyclic) bond motifs is 2. The van der Waals surface area contributed by atoms with Crippen LogP contribution in [0.5, 0.6) is 0 Å². The van der Waals surface area contributed by atoms with Crippen LogP contribution in [0, 0.1) is 0 Å². The van der Waals surface area contributed by atoms with Crippen LogP contribution in [0.3, 0.4) is 0 Å². The lowest BCUT2D eigenvalue weighted by molar-refractivity contribution is -0.113. The number of rotatable bonds is 6. The molecule has 6 rings (SSSR count). The van der Waals surface area contributed by atoms with Crippen molar-refractivity contribution >= 4 is 45.4 Å². The van der Waals surface area contributed by atoms with E-state index in [1.807, 2.05) is 90.5 Å². The zero-order chi connectivity index (χ0) is 23.8. The van der Waals surface area contributed by atoms with E-state index in [0.29, 0.717) is 28.3 Å². The smallest absolute Gasteiger partial charge is 0.234 e. The van der Waals surface area contributed by atoms with Crippen LogP contribution >= 0.6 is 11.8 Å². The van der Waals surface area contributed by atoms with Crippen molar-refractivity contribution < 1.29 is 13.6 Å². The number of furan rings is 1. The zero-order valence-electron chi connectivity index (χ0n) is 18.6. The molecule has 0 saturated carbocycles. The van der Waals surface area contributed by atoms with Gasteiger partial charge in [0, 0.05) is 23.7 Å². The normalized spacial score (nSPS) is 11.3. The van der Waals surface area contributed by atoms with Crippen LogP contribution in [0.1, 0.15) is 0 Å². The van der Waals surface area contributed by atoms with Crippen LogP contribution in [-0.4, -0.2) is 31.4 Å². The van der Waals surface area contributed by atoms with E-state index >= 15 is 0 Å². The van der Waals surface area contributed by atoms with Crippen molar-refractivity contribution in [1.29, 1.82) is 0 Å².